The summed E-state index contributed by atoms with van der Waals surface area (Å²) in [6.07, 6.45) is 2.88. The van der Waals surface area contributed by atoms with Gasteiger partial charge in [-0.2, -0.15) is 5.10 Å². The average Bonchev–Trinajstić information content (AvgIpc) is 2.96. The molecule has 2 heterocycles. The van der Waals surface area contributed by atoms with E-state index in [2.05, 4.69) is 20.5 Å². The number of thiazole rings is 1. The van der Waals surface area contributed by atoms with Crippen LogP contribution in [0.2, 0.25) is 0 Å². The van der Waals surface area contributed by atoms with Crippen molar-refractivity contribution >= 4 is 35.1 Å². The van der Waals surface area contributed by atoms with Gasteiger partial charge in [0.2, 0.25) is 5.91 Å². The zero-order chi connectivity index (χ0) is 13.8. The molecule has 2 aromatic heterocycles. The molecule has 98 valence electrons. The molecule has 0 aliphatic rings. The van der Waals surface area contributed by atoms with Crippen LogP contribution in [0.15, 0.2) is 17.5 Å². The van der Waals surface area contributed by atoms with E-state index in [9.17, 15) is 9.59 Å². The van der Waals surface area contributed by atoms with E-state index in [0.29, 0.717) is 5.69 Å². The van der Waals surface area contributed by atoms with Crippen LogP contribution in [-0.4, -0.2) is 32.2 Å². The number of nitrogens with one attached hydrogen (secondary N) is 2. The molecular weight excluding hydrogens is 268 g/mol. The van der Waals surface area contributed by atoms with Crippen molar-refractivity contribution in [2.45, 2.75) is 6.92 Å². The molecule has 0 aliphatic carbocycles. The maximum absolute atomic E-state index is 11.5. The number of hydrogen-bond acceptors (Lipinski definition) is 5. The van der Waals surface area contributed by atoms with Crippen LogP contribution in [0.4, 0.5) is 5.82 Å². The Labute approximate surface area is 112 Å². The summed E-state index contributed by atoms with van der Waals surface area (Å²) in [5.74, 6) is -1.39. The number of aromatic nitrogens is 3. The number of carboxylic acids is 1. The fraction of sp³-hybridized carbons (Fsp3) is 0.0909. The van der Waals surface area contributed by atoms with Crippen molar-refractivity contribution in [1.29, 1.82) is 0 Å². The van der Waals surface area contributed by atoms with Gasteiger partial charge in [-0.3, -0.25) is 9.89 Å². The molecule has 0 aromatic carbocycles. The number of nitrogens with zero attached hydrogens (tertiary/aromatic N) is 2. The highest BCUT2D eigenvalue weighted by molar-refractivity contribution is 7.09. The third kappa shape index (κ3) is 3.49. The van der Waals surface area contributed by atoms with Crippen LogP contribution in [0.25, 0.3) is 6.08 Å². The summed E-state index contributed by atoms with van der Waals surface area (Å²) in [5, 5.41) is 19.8. The minimum absolute atomic E-state index is 0.0885. The van der Waals surface area contributed by atoms with Gasteiger partial charge in [0.15, 0.2) is 5.82 Å². The Morgan fingerprint density at radius 1 is 1.53 bits per heavy atom. The molecule has 2 aromatic rings. The predicted octanol–water partition coefficient (Wildman–Crippen LogP) is 1.52. The van der Waals surface area contributed by atoms with Crippen molar-refractivity contribution in [3.63, 3.8) is 0 Å². The van der Waals surface area contributed by atoms with Crippen molar-refractivity contribution in [3.05, 3.63) is 33.9 Å². The molecular formula is C11H10N4O3S. The number of carboxylic acid groups (broad SMARTS) is 1. The Balaban J connectivity index is 1.97. The van der Waals surface area contributed by atoms with Crippen molar-refractivity contribution in [2.75, 3.05) is 5.32 Å². The predicted molar refractivity (Wildman–Crippen MR) is 70.1 cm³/mol. The lowest BCUT2D eigenvalue weighted by molar-refractivity contribution is -0.111. The van der Waals surface area contributed by atoms with Gasteiger partial charge in [-0.1, -0.05) is 0 Å². The minimum atomic E-state index is -1.14. The quantitative estimate of drug-likeness (QED) is 0.735. The molecule has 3 N–H and O–H groups in total. The Hall–Kier alpha value is -2.48. The van der Waals surface area contributed by atoms with Gasteiger partial charge in [-0.25, -0.2) is 9.78 Å². The monoisotopic (exact) mass is 278 g/mol. The van der Waals surface area contributed by atoms with Gasteiger partial charge in [0, 0.05) is 17.5 Å². The maximum atomic E-state index is 11.5. The number of carbonyl (C=O) groups excluding carboxylic acids is 1. The first-order valence-corrected chi connectivity index (χ1v) is 6.12. The molecule has 0 saturated heterocycles. The molecule has 1 amide bonds. The largest absolute Gasteiger partial charge is 0.477 e. The Bertz CT molecular complexity index is 644. The van der Waals surface area contributed by atoms with Crippen LogP contribution in [0, 0.1) is 6.92 Å². The highest BCUT2D eigenvalue weighted by Crippen LogP contribution is 2.10. The van der Waals surface area contributed by atoms with E-state index in [1.54, 1.807) is 6.08 Å². The van der Waals surface area contributed by atoms with E-state index in [1.165, 1.54) is 23.5 Å². The van der Waals surface area contributed by atoms with E-state index >= 15 is 0 Å². The summed E-state index contributed by atoms with van der Waals surface area (Å²) < 4.78 is 0. The molecule has 2 rings (SSSR count). The molecule has 0 bridgehead atoms. The normalized spacial score (nSPS) is 10.8. The maximum Gasteiger partial charge on any atom is 0.353 e. The van der Waals surface area contributed by atoms with Crippen LogP contribution in [-0.2, 0) is 4.79 Å². The number of aromatic carboxylic acids is 1. The van der Waals surface area contributed by atoms with Crippen LogP contribution in [0.5, 0.6) is 0 Å². The lowest BCUT2D eigenvalue weighted by Gasteiger charge is -1.94. The lowest BCUT2D eigenvalue weighted by Crippen LogP contribution is -2.07. The number of H-pyrrole nitrogens is 1. The fourth-order valence-corrected chi connectivity index (χ4v) is 1.86. The highest BCUT2D eigenvalue weighted by atomic mass is 32.1. The third-order valence-electron chi connectivity index (χ3n) is 2.10. The zero-order valence-electron chi connectivity index (χ0n) is 9.88. The first kappa shape index (κ1) is 13.0. The van der Waals surface area contributed by atoms with Crippen molar-refractivity contribution in [3.8, 4) is 0 Å². The molecule has 0 aliphatic heterocycles. The Kier molecular flexibility index (Phi) is 3.71. The fourth-order valence-electron chi connectivity index (χ4n) is 1.28. The number of aromatic amines is 1. The van der Waals surface area contributed by atoms with Gasteiger partial charge in [-0.05, 0) is 13.0 Å². The van der Waals surface area contributed by atoms with Gasteiger partial charge >= 0.3 is 5.97 Å². The van der Waals surface area contributed by atoms with Crippen LogP contribution in [0.3, 0.4) is 0 Å². The van der Waals surface area contributed by atoms with Gasteiger partial charge < -0.3 is 10.4 Å². The summed E-state index contributed by atoms with van der Waals surface area (Å²) in [5.41, 5.74) is 0.611. The highest BCUT2D eigenvalue weighted by Gasteiger charge is 2.08. The Morgan fingerprint density at radius 2 is 2.32 bits per heavy atom. The van der Waals surface area contributed by atoms with Crippen molar-refractivity contribution in [1.82, 2.24) is 15.2 Å². The summed E-state index contributed by atoms with van der Waals surface area (Å²) in [7, 11) is 0. The Morgan fingerprint density at radius 3 is 2.89 bits per heavy atom. The number of aryl methyl sites for hydroxylation is 1. The lowest BCUT2D eigenvalue weighted by atomic mass is 10.4. The third-order valence-corrected chi connectivity index (χ3v) is 2.89. The molecule has 19 heavy (non-hydrogen) atoms. The van der Waals surface area contributed by atoms with E-state index < -0.39 is 11.9 Å². The van der Waals surface area contributed by atoms with Crippen molar-refractivity contribution < 1.29 is 14.7 Å². The van der Waals surface area contributed by atoms with E-state index in [4.69, 9.17) is 5.11 Å². The first-order chi connectivity index (χ1) is 9.04. The van der Waals surface area contributed by atoms with Gasteiger partial charge in [0.1, 0.15) is 5.69 Å². The van der Waals surface area contributed by atoms with Gasteiger partial charge in [-0.15, -0.1) is 11.3 Å². The van der Waals surface area contributed by atoms with E-state index in [1.807, 2.05) is 12.3 Å². The molecule has 0 saturated carbocycles. The standard InChI is InChI=1S/C11H10N4O3S/c1-6-12-7(5-19-6)2-3-10(16)13-9-4-8(11(17)18)14-15-9/h2-5H,1H3,(H,17,18)(H2,13,14,15,16). The van der Waals surface area contributed by atoms with Crippen LogP contribution < -0.4 is 5.32 Å². The first-order valence-electron chi connectivity index (χ1n) is 5.24. The molecule has 8 heteroatoms. The van der Waals surface area contributed by atoms with Crippen LogP contribution >= 0.6 is 11.3 Å². The summed E-state index contributed by atoms with van der Waals surface area (Å²) in [6.45, 7) is 1.87. The summed E-state index contributed by atoms with van der Waals surface area (Å²) >= 11 is 1.49. The topological polar surface area (TPSA) is 108 Å². The molecule has 0 spiro atoms. The van der Waals surface area contributed by atoms with Gasteiger partial charge in [0.25, 0.3) is 0 Å². The summed E-state index contributed by atoms with van der Waals surface area (Å²) in [6, 6.07) is 1.24. The molecule has 0 atom stereocenters. The number of anilines is 1. The zero-order valence-corrected chi connectivity index (χ0v) is 10.7. The number of hydrogen-bond donors (Lipinski definition) is 3. The molecule has 0 fully saturated rings. The second-order valence-electron chi connectivity index (χ2n) is 3.59. The smallest absolute Gasteiger partial charge is 0.353 e. The molecule has 7 nitrogen and oxygen atoms in total. The van der Waals surface area contributed by atoms with E-state index in [-0.39, 0.29) is 11.5 Å². The average molecular weight is 278 g/mol. The SMILES string of the molecule is Cc1nc(C=CC(=O)Nc2cc(C(=O)O)[nH]n2)cs1. The van der Waals surface area contributed by atoms with Crippen LogP contribution in [0.1, 0.15) is 21.2 Å². The van der Waals surface area contributed by atoms with E-state index in [0.717, 1.165) is 5.01 Å². The van der Waals surface area contributed by atoms with Gasteiger partial charge in [0.05, 0.1) is 10.7 Å². The number of amides is 1. The minimum Gasteiger partial charge on any atom is -0.477 e. The second kappa shape index (κ2) is 5.44. The number of carbonyl (C=O) groups is 2. The second-order valence-corrected chi connectivity index (χ2v) is 4.65. The van der Waals surface area contributed by atoms with Crippen molar-refractivity contribution in [2.24, 2.45) is 0 Å². The molecule has 0 radical (unpaired) electrons. The number of rotatable bonds is 4. The molecule has 0 unspecified atom stereocenters. The summed E-state index contributed by atoms with van der Waals surface area (Å²) in [4.78, 5) is 26.3.